The molecule has 2 rings (SSSR count). The van der Waals surface area contributed by atoms with Gasteiger partial charge < -0.3 is 0 Å². The number of hydrazine groups is 2. The van der Waals surface area contributed by atoms with Crippen molar-refractivity contribution in [2.45, 2.75) is 0 Å². The van der Waals surface area contributed by atoms with Gasteiger partial charge in [0.05, 0.1) is 0 Å². The van der Waals surface area contributed by atoms with Gasteiger partial charge in [0.25, 0.3) is 11.8 Å². The molecule has 104 valence electrons. The molecule has 0 aromatic carbocycles. The third-order valence-corrected chi connectivity index (χ3v) is 2.06. The number of pyridine rings is 2. The normalized spacial score (nSPS) is 8.90. The van der Waals surface area contributed by atoms with Gasteiger partial charge in [0, 0.05) is 12.4 Å². The first kappa shape index (κ1) is 15.2. The number of rotatable bonds is 2. The van der Waals surface area contributed by atoms with E-state index in [9.17, 15) is 9.59 Å². The smallest absolute Gasteiger partial charge is 0.283 e. The first-order chi connectivity index (χ1) is 9.69. The van der Waals surface area contributed by atoms with E-state index in [1.54, 1.807) is 36.4 Å². The minimum absolute atomic E-state index is 0.324. The molecule has 0 saturated carbocycles. The van der Waals surface area contributed by atoms with Gasteiger partial charge in [-0.05, 0) is 24.3 Å². The summed E-state index contributed by atoms with van der Waals surface area (Å²) in [6.07, 6.45) is 3.06. The Kier molecular flexibility index (Phi) is 6.31. The third kappa shape index (κ3) is 4.80. The number of amides is 2. The Bertz CT molecular complexity index is 495. The van der Waals surface area contributed by atoms with Crippen LogP contribution in [0.2, 0.25) is 0 Å². The molecule has 0 aliphatic carbocycles. The lowest BCUT2D eigenvalue weighted by molar-refractivity contribution is 0.0941. The van der Waals surface area contributed by atoms with Gasteiger partial charge in [0.1, 0.15) is 11.4 Å². The summed E-state index contributed by atoms with van der Waals surface area (Å²) in [4.78, 5) is 28.9. The molecular weight excluding hydrogens is 260 g/mol. The first-order valence-electron chi connectivity index (χ1n) is 5.53. The highest BCUT2D eigenvalue weighted by molar-refractivity contribution is 5.92. The number of aromatic nitrogens is 2. The van der Waals surface area contributed by atoms with E-state index in [1.807, 2.05) is 10.9 Å². The summed E-state index contributed by atoms with van der Waals surface area (Å²) >= 11 is 0. The van der Waals surface area contributed by atoms with Gasteiger partial charge in [0.2, 0.25) is 0 Å². The highest BCUT2D eigenvalue weighted by Crippen LogP contribution is 1.91. The Hall–Kier alpha value is -2.84. The summed E-state index contributed by atoms with van der Waals surface area (Å²) in [5.41, 5.74) is 4.61. The highest BCUT2D eigenvalue weighted by Gasteiger charge is 2.01. The van der Waals surface area contributed by atoms with Crippen LogP contribution in [0, 0.1) is 0 Å². The van der Waals surface area contributed by atoms with Gasteiger partial charge in [0.15, 0.2) is 0 Å². The molecule has 2 aromatic rings. The third-order valence-electron chi connectivity index (χ3n) is 2.06. The van der Waals surface area contributed by atoms with Crippen LogP contribution in [0.3, 0.4) is 0 Å². The van der Waals surface area contributed by atoms with Crippen LogP contribution in [0.1, 0.15) is 21.0 Å². The van der Waals surface area contributed by atoms with E-state index in [1.165, 1.54) is 12.4 Å². The number of carbonyl (C=O) groups excluding carboxylic acids is 2. The Morgan fingerprint density at radius 2 is 1.20 bits per heavy atom. The van der Waals surface area contributed by atoms with Crippen molar-refractivity contribution in [1.29, 1.82) is 0 Å². The predicted octanol–water partition coefficient (Wildman–Crippen LogP) is -0.630. The van der Waals surface area contributed by atoms with Crippen molar-refractivity contribution < 1.29 is 9.59 Å². The Morgan fingerprint density at radius 3 is 1.45 bits per heavy atom. The lowest BCUT2D eigenvalue weighted by atomic mass is 10.3. The van der Waals surface area contributed by atoms with E-state index in [2.05, 4.69) is 9.97 Å². The minimum Gasteiger partial charge on any atom is -0.289 e. The fourth-order valence-corrected chi connectivity index (χ4v) is 1.14. The topological polar surface area (TPSA) is 136 Å². The summed E-state index contributed by atoms with van der Waals surface area (Å²) in [7, 11) is 0. The summed E-state index contributed by atoms with van der Waals surface area (Å²) in [6, 6.07) is 10.1. The number of nitrogens with two attached hydrogens (primary N) is 2. The van der Waals surface area contributed by atoms with Crippen molar-refractivity contribution in [2.24, 2.45) is 11.7 Å². The zero-order valence-corrected chi connectivity index (χ0v) is 10.5. The molecule has 2 amide bonds. The maximum absolute atomic E-state index is 10.7. The predicted molar refractivity (Wildman–Crippen MR) is 71.8 cm³/mol. The van der Waals surface area contributed by atoms with Gasteiger partial charge in [-0.15, -0.1) is 0 Å². The molecule has 6 N–H and O–H groups in total. The molecule has 0 radical (unpaired) electrons. The fourth-order valence-electron chi connectivity index (χ4n) is 1.14. The molecule has 0 fully saturated rings. The summed E-state index contributed by atoms with van der Waals surface area (Å²) < 4.78 is 0. The number of hydrogen-bond acceptors (Lipinski definition) is 6. The largest absolute Gasteiger partial charge is 0.289 e. The van der Waals surface area contributed by atoms with E-state index in [-0.39, 0.29) is 11.8 Å². The van der Waals surface area contributed by atoms with Gasteiger partial charge in [-0.25, -0.2) is 11.7 Å². The van der Waals surface area contributed by atoms with Crippen LogP contribution in [0.5, 0.6) is 0 Å². The molecule has 0 unspecified atom stereocenters. The zero-order chi connectivity index (χ0) is 14.8. The standard InChI is InChI=1S/2C6H7N3O/c2*7-9-6(10)5-3-1-2-4-8-5/h2*1-4H,7H2,(H,9,10). The van der Waals surface area contributed by atoms with Crippen LogP contribution in [-0.2, 0) is 0 Å². The molecule has 20 heavy (non-hydrogen) atoms. The van der Waals surface area contributed by atoms with Gasteiger partial charge >= 0.3 is 0 Å². The van der Waals surface area contributed by atoms with E-state index in [0.717, 1.165) is 0 Å². The van der Waals surface area contributed by atoms with Crippen molar-refractivity contribution in [3.63, 3.8) is 0 Å². The highest BCUT2D eigenvalue weighted by atomic mass is 16.2. The second kappa shape index (κ2) is 8.29. The van der Waals surface area contributed by atoms with Crippen LogP contribution >= 0.6 is 0 Å². The maximum atomic E-state index is 10.7. The number of nitrogen functional groups attached to an aromatic ring is 2. The van der Waals surface area contributed by atoms with Crippen molar-refractivity contribution in [1.82, 2.24) is 20.8 Å². The van der Waals surface area contributed by atoms with E-state index in [0.29, 0.717) is 11.4 Å². The van der Waals surface area contributed by atoms with Gasteiger partial charge in [-0.3, -0.25) is 30.4 Å². The summed E-state index contributed by atoms with van der Waals surface area (Å²) in [5, 5.41) is 0. The summed E-state index contributed by atoms with van der Waals surface area (Å²) in [6.45, 7) is 0. The zero-order valence-electron chi connectivity index (χ0n) is 10.5. The van der Waals surface area contributed by atoms with Gasteiger partial charge in [-0.1, -0.05) is 12.1 Å². The Balaban J connectivity index is 0.000000200. The first-order valence-corrected chi connectivity index (χ1v) is 5.53. The molecule has 0 spiro atoms. The molecular formula is C12H14N6O2. The second-order valence-electron chi connectivity index (χ2n) is 3.38. The van der Waals surface area contributed by atoms with E-state index < -0.39 is 0 Å². The molecule has 2 aromatic heterocycles. The average Bonchev–Trinajstić information content (AvgIpc) is 2.55. The van der Waals surface area contributed by atoms with Crippen molar-refractivity contribution in [3.05, 3.63) is 60.2 Å². The number of nitrogens with one attached hydrogen (secondary N) is 2. The number of carbonyl (C=O) groups is 2. The monoisotopic (exact) mass is 274 g/mol. The molecule has 2 heterocycles. The Labute approximate surface area is 115 Å². The summed E-state index contributed by atoms with van der Waals surface area (Å²) in [5.74, 6) is 8.98. The quantitative estimate of drug-likeness (QED) is 0.327. The van der Waals surface area contributed by atoms with E-state index in [4.69, 9.17) is 11.7 Å². The van der Waals surface area contributed by atoms with Crippen molar-refractivity contribution in [2.75, 3.05) is 0 Å². The second-order valence-corrected chi connectivity index (χ2v) is 3.38. The van der Waals surface area contributed by atoms with Gasteiger partial charge in [-0.2, -0.15) is 0 Å². The lowest BCUT2D eigenvalue weighted by Gasteiger charge is -1.94. The van der Waals surface area contributed by atoms with Crippen molar-refractivity contribution in [3.8, 4) is 0 Å². The molecule has 0 aliphatic rings. The van der Waals surface area contributed by atoms with Crippen LogP contribution in [0.15, 0.2) is 48.8 Å². The van der Waals surface area contributed by atoms with Crippen LogP contribution in [-0.4, -0.2) is 21.8 Å². The van der Waals surface area contributed by atoms with Crippen LogP contribution in [0.25, 0.3) is 0 Å². The number of nitrogens with zero attached hydrogens (tertiary/aromatic N) is 2. The molecule has 0 atom stereocenters. The van der Waals surface area contributed by atoms with E-state index >= 15 is 0 Å². The molecule has 8 heteroatoms. The SMILES string of the molecule is NNC(=O)c1ccccn1.NNC(=O)c1ccccn1. The maximum Gasteiger partial charge on any atom is 0.283 e. The Morgan fingerprint density at radius 1 is 0.800 bits per heavy atom. The average molecular weight is 274 g/mol. The number of hydrogen-bond donors (Lipinski definition) is 4. The molecule has 0 saturated heterocycles. The van der Waals surface area contributed by atoms with Crippen LogP contribution in [0.4, 0.5) is 0 Å². The molecule has 8 nitrogen and oxygen atoms in total. The molecule has 0 bridgehead atoms. The fraction of sp³-hybridized carbons (Fsp3) is 0. The van der Waals surface area contributed by atoms with Crippen molar-refractivity contribution >= 4 is 11.8 Å². The minimum atomic E-state index is -0.374. The lowest BCUT2D eigenvalue weighted by Crippen LogP contribution is -2.30. The van der Waals surface area contributed by atoms with Crippen LogP contribution < -0.4 is 22.5 Å². The molecule has 0 aliphatic heterocycles.